The van der Waals surface area contributed by atoms with Crippen molar-refractivity contribution in [1.82, 2.24) is 10.2 Å². The summed E-state index contributed by atoms with van der Waals surface area (Å²) in [5.74, 6) is -1.34. The second-order valence-electron chi connectivity index (χ2n) is 5.13. The molecule has 1 heterocycles. The van der Waals surface area contributed by atoms with Gasteiger partial charge in [0.15, 0.2) is 5.60 Å². The largest absolute Gasteiger partial charge is 0.479 e. The molecule has 1 fully saturated rings. The van der Waals surface area contributed by atoms with Gasteiger partial charge >= 0.3 is 12.0 Å². The van der Waals surface area contributed by atoms with Gasteiger partial charge in [0.1, 0.15) is 0 Å². The molecule has 1 saturated heterocycles. The van der Waals surface area contributed by atoms with Crippen LogP contribution in [0.4, 0.5) is 4.79 Å². The van der Waals surface area contributed by atoms with E-state index in [4.69, 9.17) is 5.11 Å². The van der Waals surface area contributed by atoms with E-state index in [9.17, 15) is 14.7 Å². The standard InChI is InChI=1S/C12H22N2O4/c1-4-9-6-5-8(2)14(9)11(17)13-7-12(3,18)10(15)16/h8-9,18H,4-7H2,1-3H3,(H,13,17)(H,15,16). The predicted octanol–water partition coefficient (Wildman–Crippen LogP) is 0.794. The molecule has 0 aromatic heterocycles. The maximum atomic E-state index is 12.0. The third-order valence-corrected chi connectivity index (χ3v) is 3.54. The highest BCUT2D eigenvalue weighted by molar-refractivity contribution is 5.79. The van der Waals surface area contributed by atoms with Gasteiger partial charge in [-0.2, -0.15) is 0 Å². The lowest BCUT2D eigenvalue weighted by Crippen LogP contribution is -2.52. The number of hydrogen-bond acceptors (Lipinski definition) is 3. The number of aliphatic hydroxyl groups is 1. The number of carboxylic acids is 1. The van der Waals surface area contributed by atoms with Crippen molar-refractivity contribution in [2.75, 3.05) is 6.54 Å². The van der Waals surface area contributed by atoms with Crippen LogP contribution in [0.5, 0.6) is 0 Å². The average Bonchev–Trinajstić information content (AvgIpc) is 2.67. The smallest absolute Gasteiger partial charge is 0.337 e. The van der Waals surface area contributed by atoms with Crippen LogP contribution in [-0.2, 0) is 4.79 Å². The Labute approximate surface area is 107 Å². The molecule has 6 nitrogen and oxygen atoms in total. The van der Waals surface area contributed by atoms with Gasteiger partial charge in [0.2, 0.25) is 0 Å². The van der Waals surface area contributed by atoms with Gasteiger partial charge in [-0.25, -0.2) is 9.59 Å². The summed E-state index contributed by atoms with van der Waals surface area (Å²) in [7, 11) is 0. The van der Waals surface area contributed by atoms with Crippen molar-refractivity contribution in [3.8, 4) is 0 Å². The summed E-state index contributed by atoms with van der Waals surface area (Å²) in [5, 5.41) is 20.8. The third-order valence-electron chi connectivity index (χ3n) is 3.54. The van der Waals surface area contributed by atoms with Crippen LogP contribution in [0.25, 0.3) is 0 Å². The van der Waals surface area contributed by atoms with E-state index < -0.39 is 11.6 Å². The van der Waals surface area contributed by atoms with Gasteiger partial charge in [0, 0.05) is 12.1 Å². The van der Waals surface area contributed by atoms with Crippen LogP contribution in [0, 0.1) is 0 Å². The molecule has 0 aromatic rings. The van der Waals surface area contributed by atoms with Gasteiger partial charge in [0.25, 0.3) is 0 Å². The summed E-state index contributed by atoms with van der Waals surface area (Å²) in [4.78, 5) is 24.5. The summed E-state index contributed by atoms with van der Waals surface area (Å²) < 4.78 is 0. The molecule has 3 atom stereocenters. The topological polar surface area (TPSA) is 89.9 Å². The second kappa shape index (κ2) is 5.56. The Kier molecular flexibility index (Phi) is 4.56. The van der Waals surface area contributed by atoms with Crippen LogP contribution in [0.2, 0.25) is 0 Å². The minimum atomic E-state index is -1.93. The zero-order valence-corrected chi connectivity index (χ0v) is 11.1. The Bertz CT molecular complexity index is 330. The van der Waals surface area contributed by atoms with Crippen LogP contribution in [-0.4, -0.2) is 51.3 Å². The molecule has 104 valence electrons. The molecule has 2 amide bonds. The average molecular weight is 258 g/mol. The van der Waals surface area contributed by atoms with Crippen molar-refractivity contribution in [3.63, 3.8) is 0 Å². The van der Waals surface area contributed by atoms with Crippen LogP contribution in [0.15, 0.2) is 0 Å². The van der Waals surface area contributed by atoms with E-state index >= 15 is 0 Å². The summed E-state index contributed by atoms with van der Waals surface area (Å²) in [6, 6.07) is 0.0629. The lowest BCUT2D eigenvalue weighted by Gasteiger charge is -2.29. The fourth-order valence-electron chi connectivity index (χ4n) is 2.25. The number of carboxylic acid groups (broad SMARTS) is 1. The molecule has 1 aliphatic heterocycles. The Balaban J connectivity index is 2.57. The molecule has 0 saturated carbocycles. The van der Waals surface area contributed by atoms with E-state index in [0.29, 0.717) is 0 Å². The monoisotopic (exact) mass is 258 g/mol. The molecular weight excluding hydrogens is 236 g/mol. The maximum Gasteiger partial charge on any atom is 0.337 e. The number of aliphatic carboxylic acids is 1. The van der Waals surface area contributed by atoms with Crippen LogP contribution in [0.1, 0.15) is 40.0 Å². The highest BCUT2D eigenvalue weighted by Crippen LogP contribution is 2.25. The molecule has 0 bridgehead atoms. The first-order chi connectivity index (χ1) is 8.29. The fourth-order valence-corrected chi connectivity index (χ4v) is 2.25. The summed E-state index contributed by atoms with van der Waals surface area (Å²) in [6.45, 7) is 4.88. The quantitative estimate of drug-likeness (QED) is 0.695. The number of nitrogens with one attached hydrogen (secondary N) is 1. The molecule has 0 aliphatic carbocycles. The van der Waals surface area contributed by atoms with Crippen LogP contribution >= 0.6 is 0 Å². The van der Waals surface area contributed by atoms with Crippen molar-refractivity contribution >= 4 is 12.0 Å². The number of carbonyl (C=O) groups is 2. The van der Waals surface area contributed by atoms with Gasteiger partial charge in [-0.3, -0.25) is 0 Å². The van der Waals surface area contributed by atoms with E-state index in [0.717, 1.165) is 19.3 Å². The molecule has 3 N–H and O–H groups in total. The Morgan fingerprint density at radius 3 is 2.56 bits per heavy atom. The number of rotatable bonds is 4. The van der Waals surface area contributed by atoms with Gasteiger partial charge in [-0.05, 0) is 33.1 Å². The Hall–Kier alpha value is -1.30. The second-order valence-corrected chi connectivity index (χ2v) is 5.13. The zero-order chi connectivity index (χ0) is 13.9. The minimum absolute atomic E-state index is 0.157. The molecule has 0 aromatic carbocycles. The van der Waals surface area contributed by atoms with E-state index in [1.54, 1.807) is 4.90 Å². The third kappa shape index (κ3) is 3.13. The lowest BCUT2D eigenvalue weighted by atomic mass is 10.1. The minimum Gasteiger partial charge on any atom is -0.479 e. The zero-order valence-electron chi connectivity index (χ0n) is 11.1. The SMILES string of the molecule is CCC1CCC(C)N1C(=O)NCC(C)(O)C(=O)O. The number of hydrogen-bond donors (Lipinski definition) is 3. The van der Waals surface area contributed by atoms with Gasteiger partial charge in [0.05, 0.1) is 6.54 Å². The van der Waals surface area contributed by atoms with E-state index in [1.807, 2.05) is 13.8 Å². The number of likely N-dealkylation sites (tertiary alicyclic amines) is 1. The van der Waals surface area contributed by atoms with Crippen molar-refractivity contribution in [2.24, 2.45) is 0 Å². The first-order valence-electron chi connectivity index (χ1n) is 6.31. The molecular formula is C12H22N2O4. The normalized spacial score (nSPS) is 26.8. The van der Waals surface area contributed by atoms with Crippen molar-refractivity contribution in [2.45, 2.75) is 57.7 Å². The van der Waals surface area contributed by atoms with E-state index in [-0.39, 0.29) is 24.7 Å². The number of urea groups is 1. The molecule has 1 rings (SSSR count). The molecule has 6 heteroatoms. The van der Waals surface area contributed by atoms with E-state index in [1.165, 1.54) is 6.92 Å². The molecule has 0 radical (unpaired) electrons. The molecule has 0 spiro atoms. The van der Waals surface area contributed by atoms with Crippen molar-refractivity contribution in [3.05, 3.63) is 0 Å². The fraction of sp³-hybridized carbons (Fsp3) is 0.833. The maximum absolute atomic E-state index is 12.0. The molecule has 3 unspecified atom stereocenters. The lowest BCUT2D eigenvalue weighted by molar-refractivity contribution is -0.155. The van der Waals surface area contributed by atoms with Gasteiger partial charge < -0.3 is 20.4 Å². The van der Waals surface area contributed by atoms with Crippen LogP contribution < -0.4 is 5.32 Å². The predicted molar refractivity (Wildman–Crippen MR) is 66.3 cm³/mol. The highest BCUT2D eigenvalue weighted by Gasteiger charge is 2.35. The Morgan fingerprint density at radius 1 is 1.44 bits per heavy atom. The van der Waals surface area contributed by atoms with E-state index in [2.05, 4.69) is 5.32 Å². The number of amides is 2. The number of carbonyl (C=O) groups excluding carboxylic acids is 1. The first-order valence-corrected chi connectivity index (χ1v) is 6.31. The van der Waals surface area contributed by atoms with Gasteiger partial charge in [-0.15, -0.1) is 0 Å². The highest BCUT2D eigenvalue weighted by atomic mass is 16.4. The molecule has 1 aliphatic rings. The Morgan fingerprint density at radius 2 is 2.06 bits per heavy atom. The van der Waals surface area contributed by atoms with Crippen molar-refractivity contribution < 1.29 is 19.8 Å². The first kappa shape index (κ1) is 14.8. The number of nitrogens with zero attached hydrogens (tertiary/aromatic N) is 1. The summed E-state index contributed by atoms with van der Waals surface area (Å²) in [5.41, 5.74) is -1.93. The van der Waals surface area contributed by atoms with Crippen molar-refractivity contribution in [1.29, 1.82) is 0 Å². The molecule has 18 heavy (non-hydrogen) atoms. The van der Waals surface area contributed by atoms with Crippen LogP contribution in [0.3, 0.4) is 0 Å². The van der Waals surface area contributed by atoms with Gasteiger partial charge in [-0.1, -0.05) is 6.92 Å². The summed E-state index contributed by atoms with van der Waals surface area (Å²) in [6.07, 6.45) is 2.81. The summed E-state index contributed by atoms with van der Waals surface area (Å²) >= 11 is 0.